The second-order valence-corrected chi connectivity index (χ2v) is 4.04. The smallest absolute Gasteiger partial charge is 0.227 e. The van der Waals surface area contributed by atoms with Gasteiger partial charge in [0, 0.05) is 19.5 Å². The minimum absolute atomic E-state index is 0.00787. The van der Waals surface area contributed by atoms with Gasteiger partial charge in [-0.15, -0.1) is 0 Å². The zero-order chi connectivity index (χ0) is 12.7. The van der Waals surface area contributed by atoms with Crippen molar-refractivity contribution in [2.75, 3.05) is 13.1 Å². The Morgan fingerprint density at radius 2 is 2.24 bits per heavy atom. The van der Waals surface area contributed by atoms with Crippen LogP contribution < -0.4 is 11.1 Å². The van der Waals surface area contributed by atoms with Crippen LogP contribution in [0.25, 0.3) is 0 Å². The number of hydrogen-bond donors (Lipinski definition) is 2. The zero-order valence-corrected chi connectivity index (χ0v) is 10.4. The van der Waals surface area contributed by atoms with E-state index in [1.807, 2.05) is 13.8 Å². The van der Waals surface area contributed by atoms with Crippen molar-refractivity contribution in [3.8, 4) is 0 Å². The molecule has 0 fully saturated rings. The number of nitrogens with two attached hydrogens (primary N) is 1. The molecule has 0 bridgehead atoms. The van der Waals surface area contributed by atoms with Crippen molar-refractivity contribution in [1.29, 1.82) is 0 Å². The Morgan fingerprint density at radius 3 is 2.71 bits per heavy atom. The van der Waals surface area contributed by atoms with Crippen molar-refractivity contribution in [2.45, 2.75) is 33.1 Å². The Hall–Kier alpha value is -1.43. The molecule has 96 valence electrons. The van der Waals surface area contributed by atoms with Crippen LogP contribution in [0.1, 0.15) is 32.5 Å². The maximum Gasteiger partial charge on any atom is 0.227 e. The molecule has 1 heterocycles. The number of nitrogens with zero attached hydrogens (tertiary/aromatic N) is 2. The molecule has 0 aromatic carbocycles. The molecule has 1 rings (SSSR count). The first kappa shape index (κ1) is 13.6. The highest BCUT2D eigenvalue weighted by Crippen LogP contribution is 2.24. The molecule has 6 heteroatoms. The van der Waals surface area contributed by atoms with Crippen LogP contribution in [0.3, 0.4) is 0 Å². The quantitative estimate of drug-likeness (QED) is 0.723. The van der Waals surface area contributed by atoms with E-state index in [9.17, 15) is 4.79 Å². The Balaban J connectivity index is 2.42. The number of amides is 1. The van der Waals surface area contributed by atoms with Gasteiger partial charge in [0.15, 0.2) is 5.82 Å². The Kier molecular flexibility index (Phi) is 5.09. The van der Waals surface area contributed by atoms with Gasteiger partial charge in [-0.2, -0.15) is 4.98 Å². The molecule has 6 nitrogen and oxygen atoms in total. The molecule has 1 aromatic rings. The monoisotopic (exact) mass is 240 g/mol. The van der Waals surface area contributed by atoms with Crippen molar-refractivity contribution in [1.82, 2.24) is 15.5 Å². The van der Waals surface area contributed by atoms with E-state index in [1.165, 1.54) is 6.39 Å². The maximum absolute atomic E-state index is 12.0. The molecular formula is C11H20N4O2. The standard InChI is InChI=1S/C11H20N4O2/c1-3-11(4-2,7-12)10(16)13-6-5-9-14-8-17-15-9/h8H,3-7,12H2,1-2H3,(H,13,16). The Morgan fingerprint density at radius 1 is 1.53 bits per heavy atom. The maximum atomic E-state index is 12.0. The summed E-state index contributed by atoms with van der Waals surface area (Å²) in [6.45, 7) is 4.83. The summed E-state index contributed by atoms with van der Waals surface area (Å²) in [7, 11) is 0. The third kappa shape index (κ3) is 3.26. The summed E-state index contributed by atoms with van der Waals surface area (Å²) in [5.74, 6) is 0.602. The van der Waals surface area contributed by atoms with Crippen LogP contribution in [-0.2, 0) is 11.2 Å². The summed E-state index contributed by atoms with van der Waals surface area (Å²) in [6.07, 6.45) is 3.33. The molecule has 0 spiro atoms. The normalized spacial score (nSPS) is 11.5. The largest absolute Gasteiger partial charge is 0.355 e. The van der Waals surface area contributed by atoms with Gasteiger partial charge in [-0.1, -0.05) is 19.0 Å². The summed E-state index contributed by atoms with van der Waals surface area (Å²) < 4.78 is 4.61. The number of rotatable bonds is 7. The first-order valence-corrected chi connectivity index (χ1v) is 5.92. The molecule has 0 radical (unpaired) electrons. The highest BCUT2D eigenvalue weighted by atomic mass is 16.5. The van der Waals surface area contributed by atoms with Crippen molar-refractivity contribution in [2.24, 2.45) is 11.1 Å². The molecular weight excluding hydrogens is 220 g/mol. The molecule has 17 heavy (non-hydrogen) atoms. The van der Waals surface area contributed by atoms with Crippen LogP contribution in [0.5, 0.6) is 0 Å². The Bertz CT molecular complexity index is 325. The van der Waals surface area contributed by atoms with E-state index >= 15 is 0 Å². The summed E-state index contributed by atoms with van der Waals surface area (Å²) in [6, 6.07) is 0. The predicted molar refractivity (Wildman–Crippen MR) is 63.1 cm³/mol. The Labute approximate surface area is 101 Å². The molecule has 0 aliphatic rings. The van der Waals surface area contributed by atoms with Gasteiger partial charge in [-0.05, 0) is 12.8 Å². The van der Waals surface area contributed by atoms with Crippen molar-refractivity contribution in [3.05, 3.63) is 12.2 Å². The van der Waals surface area contributed by atoms with E-state index in [1.54, 1.807) is 0 Å². The van der Waals surface area contributed by atoms with Crippen molar-refractivity contribution >= 4 is 5.91 Å². The van der Waals surface area contributed by atoms with Gasteiger partial charge in [0.1, 0.15) is 0 Å². The molecule has 0 aliphatic carbocycles. The third-order valence-corrected chi connectivity index (χ3v) is 3.27. The fraction of sp³-hybridized carbons (Fsp3) is 0.727. The highest BCUT2D eigenvalue weighted by Gasteiger charge is 2.32. The van der Waals surface area contributed by atoms with Crippen LogP contribution in [0, 0.1) is 5.41 Å². The number of carbonyl (C=O) groups is 1. The first-order valence-electron chi connectivity index (χ1n) is 5.92. The SMILES string of the molecule is CCC(CC)(CN)C(=O)NCCc1ncon1. The van der Waals surface area contributed by atoms with E-state index in [4.69, 9.17) is 5.73 Å². The second-order valence-electron chi connectivity index (χ2n) is 4.04. The fourth-order valence-corrected chi connectivity index (χ4v) is 1.73. The number of aromatic nitrogens is 2. The summed E-state index contributed by atoms with van der Waals surface area (Å²) in [4.78, 5) is 15.9. The average Bonchev–Trinajstić information content (AvgIpc) is 2.85. The van der Waals surface area contributed by atoms with Crippen LogP contribution in [-0.4, -0.2) is 29.1 Å². The van der Waals surface area contributed by atoms with Gasteiger partial charge in [0.25, 0.3) is 0 Å². The number of nitrogens with one attached hydrogen (secondary N) is 1. The molecule has 0 unspecified atom stereocenters. The third-order valence-electron chi connectivity index (χ3n) is 3.27. The number of carbonyl (C=O) groups excluding carboxylic acids is 1. The van der Waals surface area contributed by atoms with Crippen molar-refractivity contribution < 1.29 is 9.32 Å². The molecule has 0 saturated carbocycles. The number of hydrogen-bond acceptors (Lipinski definition) is 5. The molecule has 0 aliphatic heterocycles. The lowest BCUT2D eigenvalue weighted by Gasteiger charge is -2.28. The summed E-state index contributed by atoms with van der Waals surface area (Å²) in [5.41, 5.74) is 5.25. The van der Waals surface area contributed by atoms with Gasteiger partial charge in [-0.25, -0.2) is 0 Å². The van der Waals surface area contributed by atoms with Crippen LogP contribution >= 0.6 is 0 Å². The molecule has 0 atom stereocenters. The summed E-state index contributed by atoms with van der Waals surface area (Å²) >= 11 is 0. The average molecular weight is 240 g/mol. The van der Waals surface area contributed by atoms with E-state index in [0.717, 1.165) is 12.8 Å². The fourth-order valence-electron chi connectivity index (χ4n) is 1.73. The lowest BCUT2D eigenvalue weighted by molar-refractivity contribution is -0.131. The van der Waals surface area contributed by atoms with Gasteiger partial charge < -0.3 is 15.6 Å². The highest BCUT2D eigenvalue weighted by molar-refractivity contribution is 5.82. The van der Waals surface area contributed by atoms with Gasteiger partial charge in [-0.3, -0.25) is 4.79 Å². The predicted octanol–water partition coefficient (Wildman–Crippen LogP) is 0.493. The van der Waals surface area contributed by atoms with Crippen LogP contribution in [0.4, 0.5) is 0 Å². The lowest BCUT2D eigenvalue weighted by Crippen LogP contribution is -2.45. The van der Waals surface area contributed by atoms with Crippen LogP contribution in [0.15, 0.2) is 10.9 Å². The minimum atomic E-state index is -0.447. The topological polar surface area (TPSA) is 94.0 Å². The summed E-state index contributed by atoms with van der Waals surface area (Å²) in [5, 5.41) is 6.55. The zero-order valence-electron chi connectivity index (χ0n) is 10.4. The first-order chi connectivity index (χ1) is 8.18. The van der Waals surface area contributed by atoms with Crippen LogP contribution in [0.2, 0.25) is 0 Å². The van der Waals surface area contributed by atoms with Gasteiger partial charge >= 0.3 is 0 Å². The minimum Gasteiger partial charge on any atom is -0.355 e. The lowest BCUT2D eigenvalue weighted by atomic mass is 9.81. The second kappa shape index (κ2) is 6.34. The van der Waals surface area contributed by atoms with E-state index < -0.39 is 5.41 Å². The van der Waals surface area contributed by atoms with E-state index in [-0.39, 0.29) is 5.91 Å². The molecule has 1 aromatic heterocycles. The van der Waals surface area contributed by atoms with E-state index in [0.29, 0.717) is 25.3 Å². The van der Waals surface area contributed by atoms with Gasteiger partial charge in [0.2, 0.25) is 12.3 Å². The molecule has 0 saturated heterocycles. The van der Waals surface area contributed by atoms with Gasteiger partial charge in [0.05, 0.1) is 5.41 Å². The molecule has 1 amide bonds. The van der Waals surface area contributed by atoms with E-state index in [2.05, 4.69) is 20.0 Å². The molecule has 3 N–H and O–H groups in total. The van der Waals surface area contributed by atoms with Crippen molar-refractivity contribution in [3.63, 3.8) is 0 Å².